The normalized spacial score (nSPS) is 23.6. The van der Waals surface area contributed by atoms with Gasteiger partial charge in [0.25, 0.3) is 0 Å². The van der Waals surface area contributed by atoms with E-state index in [1.54, 1.807) is 0 Å². The minimum absolute atomic E-state index is 0.138. The van der Waals surface area contributed by atoms with Gasteiger partial charge >= 0.3 is 18.1 Å². The van der Waals surface area contributed by atoms with Crippen LogP contribution in [-0.4, -0.2) is 55.6 Å². The van der Waals surface area contributed by atoms with E-state index in [9.17, 15) is 22.8 Å². The van der Waals surface area contributed by atoms with Crippen LogP contribution in [0.25, 0.3) is 0 Å². The average Bonchev–Trinajstić information content (AvgIpc) is 2.95. The average molecular weight is 278 g/mol. The number of rotatable bonds is 2. The van der Waals surface area contributed by atoms with Gasteiger partial charge in [-0.3, -0.25) is 4.79 Å². The van der Waals surface area contributed by atoms with Crippen LogP contribution < -0.4 is 0 Å². The van der Waals surface area contributed by atoms with Gasteiger partial charge < -0.3 is 10.0 Å². The zero-order chi connectivity index (χ0) is 14.2. The molecule has 0 unspecified atom stereocenters. The number of alkyl halides is 3. The van der Waals surface area contributed by atoms with Crippen LogP contribution in [-0.2, 0) is 9.59 Å². The zero-order valence-electron chi connectivity index (χ0n) is 9.41. The van der Waals surface area contributed by atoms with Crippen LogP contribution in [0.2, 0.25) is 0 Å². The van der Waals surface area contributed by atoms with Gasteiger partial charge in [-0.05, 0) is 0 Å². The predicted molar refractivity (Wildman–Crippen MR) is 52.9 cm³/mol. The summed E-state index contributed by atoms with van der Waals surface area (Å²) in [5.74, 6) is -3.62. The van der Waals surface area contributed by atoms with Crippen LogP contribution in [0.5, 0.6) is 0 Å². The van der Waals surface area contributed by atoms with Crippen molar-refractivity contribution in [3.63, 3.8) is 0 Å². The Balaban J connectivity index is 2.22. The number of amides is 1. The Bertz CT molecular complexity index is 487. The second-order valence-electron chi connectivity index (χ2n) is 4.08. The monoisotopic (exact) mass is 278 g/mol. The van der Waals surface area contributed by atoms with E-state index in [4.69, 9.17) is 5.11 Å². The molecule has 7 nitrogen and oxygen atoms in total. The van der Waals surface area contributed by atoms with Gasteiger partial charge in [0.1, 0.15) is 6.04 Å². The first-order valence-electron chi connectivity index (χ1n) is 5.27. The lowest BCUT2D eigenvalue weighted by Crippen LogP contribution is -2.46. The standard InChI is InChI=1S/C9H9F3N4O3/c10-9(11,12)8(19)15-4-5(3-6(15)7(17)18)16-2-1-13-14-16/h1-2,5-6H,3-4H2,(H,17,18)/t5-,6-/m0/s1. The first-order chi connectivity index (χ1) is 8.80. The number of carboxylic acid groups (broad SMARTS) is 1. The number of carboxylic acids is 1. The van der Waals surface area contributed by atoms with Gasteiger partial charge in [0.15, 0.2) is 0 Å². The van der Waals surface area contributed by atoms with Gasteiger partial charge in [0.05, 0.1) is 12.2 Å². The van der Waals surface area contributed by atoms with E-state index in [0.717, 1.165) is 0 Å². The molecule has 1 amide bonds. The summed E-state index contributed by atoms with van der Waals surface area (Å²) in [5.41, 5.74) is 0. The zero-order valence-corrected chi connectivity index (χ0v) is 9.41. The molecular weight excluding hydrogens is 269 g/mol. The van der Waals surface area contributed by atoms with Gasteiger partial charge in [-0.15, -0.1) is 5.10 Å². The number of hydrogen-bond donors (Lipinski definition) is 1. The summed E-state index contributed by atoms with van der Waals surface area (Å²) in [7, 11) is 0. The molecule has 104 valence electrons. The largest absolute Gasteiger partial charge is 0.480 e. The van der Waals surface area contributed by atoms with Crippen molar-refractivity contribution in [3.05, 3.63) is 12.4 Å². The summed E-state index contributed by atoms with van der Waals surface area (Å²) in [6.45, 7) is -0.362. The van der Waals surface area contributed by atoms with Gasteiger partial charge in [0, 0.05) is 19.2 Å². The number of carbonyl (C=O) groups excluding carboxylic acids is 1. The van der Waals surface area contributed by atoms with Crippen molar-refractivity contribution < 1.29 is 27.9 Å². The Morgan fingerprint density at radius 1 is 1.37 bits per heavy atom. The number of likely N-dealkylation sites (tertiary alicyclic amines) is 1. The van der Waals surface area contributed by atoms with Crippen LogP contribution in [0.4, 0.5) is 13.2 Å². The Hall–Kier alpha value is -2.13. The molecule has 10 heteroatoms. The van der Waals surface area contributed by atoms with Gasteiger partial charge in [-0.25, -0.2) is 9.48 Å². The van der Waals surface area contributed by atoms with Gasteiger partial charge in [0.2, 0.25) is 0 Å². The van der Waals surface area contributed by atoms with Crippen LogP contribution in [0.15, 0.2) is 12.4 Å². The molecule has 2 rings (SSSR count). The Morgan fingerprint density at radius 2 is 2.05 bits per heavy atom. The topological polar surface area (TPSA) is 88.3 Å². The van der Waals surface area contributed by atoms with Crippen molar-refractivity contribution in [1.82, 2.24) is 19.9 Å². The fraction of sp³-hybridized carbons (Fsp3) is 0.556. The van der Waals surface area contributed by atoms with E-state index in [1.165, 1.54) is 17.1 Å². The van der Waals surface area contributed by atoms with Crippen LogP contribution in [0.3, 0.4) is 0 Å². The summed E-state index contributed by atoms with van der Waals surface area (Å²) < 4.78 is 38.4. The highest BCUT2D eigenvalue weighted by Gasteiger charge is 2.50. The van der Waals surface area contributed by atoms with E-state index in [0.29, 0.717) is 4.90 Å². The Labute approximate surface area is 104 Å². The van der Waals surface area contributed by atoms with Crippen LogP contribution >= 0.6 is 0 Å². The molecule has 1 aromatic heterocycles. The molecule has 0 aliphatic carbocycles. The lowest BCUT2D eigenvalue weighted by molar-refractivity contribution is -0.188. The predicted octanol–water partition coefficient (Wildman–Crippen LogP) is 0.0670. The minimum atomic E-state index is -5.09. The highest BCUT2D eigenvalue weighted by Crippen LogP contribution is 2.31. The van der Waals surface area contributed by atoms with Crippen molar-refractivity contribution in [2.24, 2.45) is 0 Å². The molecule has 2 atom stereocenters. The maximum absolute atomic E-state index is 12.4. The lowest BCUT2D eigenvalue weighted by Gasteiger charge is -2.22. The quantitative estimate of drug-likeness (QED) is 0.826. The van der Waals surface area contributed by atoms with Crippen molar-refractivity contribution in [2.45, 2.75) is 24.7 Å². The van der Waals surface area contributed by atoms with E-state index in [2.05, 4.69) is 10.3 Å². The van der Waals surface area contributed by atoms with Gasteiger partial charge in [-0.1, -0.05) is 5.21 Å². The molecule has 1 aliphatic rings. The number of aromatic nitrogens is 3. The van der Waals surface area contributed by atoms with E-state index < -0.39 is 30.1 Å². The maximum atomic E-state index is 12.4. The SMILES string of the molecule is O=C(O)[C@@H]1C[C@H](n2ccnn2)CN1C(=O)C(F)(F)F. The van der Waals surface area contributed by atoms with E-state index in [-0.39, 0.29) is 13.0 Å². The van der Waals surface area contributed by atoms with E-state index in [1.807, 2.05) is 0 Å². The molecular formula is C9H9F3N4O3. The molecule has 1 N–H and O–H groups in total. The molecule has 0 spiro atoms. The third kappa shape index (κ3) is 2.51. The Kier molecular flexibility index (Phi) is 3.16. The van der Waals surface area contributed by atoms with Crippen molar-refractivity contribution >= 4 is 11.9 Å². The fourth-order valence-corrected chi connectivity index (χ4v) is 2.04. The van der Waals surface area contributed by atoms with Gasteiger partial charge in [-0.2, -0.15) is 13.2 Å². The summed E-state index contributed by atoms with van der Waals surface area (Å²) in [6, 6.07) is -2.14. The molecule has 1 aromatic rings. The number of halogens is 3. The number of carbonyl (C=O) groups is 2. The van der Waals surface area contributed by atoms with E-state index >= 15 is 0 Å². The molecule has 1 fully saturated rings. The molecule has 2 heterocycles. The molecule has 0 aromatic carbocycles. The summed E-state index contributed by atoms with van der Waals surface area (Å²) in [5, 5.41) is 16.0. The highest BCUT2D eigenvalue weighted by atomic mass is 19.4. The van der Waals surface area contributed by atoms with Crippen LogP contribution in [0.1, 0.15) is 12.5 Å². The third-order valence-electron chi connectivity index (χ3n) is 2.88. The smallest absolute Gasteiger partial charge is 0.471 e. The van der Waals surface area contributed by atoms with Crippen LogP contribution in [0, 0.1) is 0 Å². The summed E-state index contributed by atoms with van der Waals surface area (Å²) >= 11 is 0. The maximum Gasteiger partial charge on any atom is 0.471 e. The number of hydrogen-bond acceptors (Lipinski definition) is 4. The van der Waals surface area contributed by atoms with Crippen molar-refractivity contribution in [2.75, 3.05) is 6.54 Å². The minimum Gasteiger partial charge on any atom is -0.480 e. The number of nitrogens with zero attached hydrogens (tertiary/aromatic N) is 4. The number of aliphatic carboxylic acids is 1. The highest BCUT2D eigenvalue weighted by molar-refractivity contribution is 5.87. The van der Waals surface area contributed by atoms with Crippen molar-refractivity contribution in [1.29, 1.82) is 0 Å². The fourth-order valence-electron chi connectivity index (χ4n) is 2.04. The molecule has 0 radical (unpaired) electrons. The second kappa shape index (κ2) is 4.52. The first kappa shape index (κ1) is 13.3. The molecule has 1 aliphatic heterocycles. The molecule has 0 saturated carbocycles. The molecule has 19 heavy (non-hydrogen) atoms. The lowest BCUT2D eigenvalue weighted by atomic mass is 10.2. The summed E-state index contributed by atoms with van der Waals surface area (Å²) in [6.07, 6.45) is -2.50. The summed E-state index contributed by atoms with van der Waals surface area (Å²) in [4.78, 5) is 22.5. The Morgan fingerprint density at radius 3 is 2.53 bits per heavy atom. The molecule has 0 bridgehead atoms. The third-order valence-corrected chi connectivity index (χ3v) is 2.88. The molecule has 1 saturated heterocycles. The second-order valence-corrected chi connectivity index (χ2v) is 4.08. The van der Waals surface area contributed by atoms with Crippen molar-refractivity contribution in [3.8, 4) is 0 Å². The first-order valence-corrected chi connectivity index (χ1v) is 5.27.